The Bertz CT molecular complexity index is 1370. The second-order valence-electron chi connectivity index (χ2n) is 7.76. The van der Waals surface area contributed by atoms with Crippen LogP contribution in [-0.2, 0) is 21.4 Å². The van der Waals surface area contributed by atoms with Crippen LogP contribution in [0.5, 0.6) is 0 Å². The van der Waals surface area contributed by atoms with Crippen LogP contribution in [0.3, 0.4) is 0 Å². The maximum atomic E-state index is 13.0. The Kier molecular flexibility index (Phi) is 6.29. The first-order valence-corrected chi connectivity index (χ1v) is 11.9. The first-order chi connectivity index (χ1) is 15.8. The molecule has 2 aromatic carbocycles. The van der Waals surface area contributed by atoms with E-state index in [1.165, 1.54) is 46.8 Å². The van der Waals surface area contributed by atoms with E-state index in [4.69, 9.17) is 4.42 Å². The first kappa shape index (κ1) is 22.7. The summed E-state index contributed by atoms with van der Waals surface area (Å²) in [6.45, 7) is 0.485. The SMILES string of the molecule is O=C(Cn1c(=O)oc2cc(S(=O)(=O)N3CCCCCC3)ccc21)Nc1cccc([N+](=O)[O-])c1. The van der Waals surface area contributed by atoms with E-state index in [2.05, 4.69) is 5.32 Å². The number of fused-ring (bicyclic) bond motifs is 1. The van der Waals surface area contributed by atoms with Crippen LogP contribution in [-0.4, -0.2) is 41.2 Å². The molecule has 1 aliphatic rings. The Labute approximate surface area is 188 Å². The topological polar surface area (TPSA) is 145 Å². The predicted octanol–water partition coefficient (Wildman–Crippen LogP) is 2.71. The summed E-state index contributed by atoms with van der Waals surface area (Å²) in [4.78, 5) is 35.1. The van der Waals surface area contributed by atoms with Crippen molar-refractivity contribution in [3.63, 3.8) is 0 Å². The van der Waals surface area contributed by atoms with Crippen LogP contribution in [0, 0.1) is 10.1 Å². The van der Waals surface area contributed by atoms with Gasteiger partial charge >= 0.3 is 5.76 Å². The number of amides is 1. The molecular weight excluding hydrogens is 452 g/mol. The van der Waals surface area contributed by atoms with E-state index >= 15 is 0 Å². The second kappa shape index (κ2) is 9.16. The van der Waals surface area contributed by atoms with E-state index in [0.29, 0.717) is 13.1 Å². The molecule has 1 N–H and O–H groups in total. The van der Waals surface area contributed by atoms with Crippen LogP contribution >= 0.6 is 0 Å². The highest BCUT2D eigenvalue weighted by atomic mass is 32.2. The number of non-ortho nitro benzene ring substituents is 1. The molecule has 0 saturated carbocycles. The molecule has 33 heavy (non-hydrogen) atoms. The Morgan fingerprint density at radius 2 is 1.82 bits per heavy atom. The highest BCUT2D eigenvalue weighted by Gasteiger charge is 2.26. The summed E-state index contributed by atoms with van der Waals surface area (Å²) in [7, 11) is -3.73. The number of aromatic nitrogens is 1. The summed E-state index contributed by atoms with van der Waals surface area (Å²) in [6, 6.07) is 9.54. The molecule has 1 aliphatic heterocycles. The molecule has 1 amide bonds. The van der Waals surface area contributed by atoms with Crippen LogP contribution in [0.25, 0.3) is 11.1 Å². The van der Waals surface area contributed by atoms with Crippen molar-refractivity contribution >= 4 is 38.4 Å². The minimum atomic E-state index is -3.73. The fraction of sp³-hybridized carbons (Fsp3) is 0.333. The summed E-state index contributed by atoms with van der Waals surface area (Å²) in [5, 5.41) is 13.4. The van der Waals surface area contributed by atoms with Crippen LogP contribution in [0.2, 0.25) is 0 Å². The van der Waals surface area contributed by atoms with E-state index in [-0.39, 0.29) is 27.4 Å². The van der Waals surface area contributed by atoms with Gasteiger partial charge in [0.25, 0.3) is 5.69 Å². The minimum Gasteiger partial charge on any atom is -0.408 e. The lowest BCUT2D eigenvalue weighted by molar-refractivity contribution is -0.384. The number of anilines is 1. The highest BCUT2D eigenvalue weighted by Crippen LogP contribution is 2.24. The van der Waals surface area contributed by atoms with Crippen LogP contribution in [0.15, 0.2) is 56.6 Å². The van der Waals surface area contributed by atoms with E-state index in [1.54, 1.807) is 0 Å². The molecule has 1 fully saturated rings. The smallest absolute Gasteiger partial charge is 0.408 e. The molecule has 174 valence electrons. The number of nitrogens with zero attached hydrogens (tertiary/aromatic N) is 3. The number of nitro benzene ring substituents is 1. The molecule has 0 bridgehead atoms. The third-order valence-electron chi connectivity index (χ3n) is 5.48. The molecule has 1 aromatic heterocycles. The second-order valence-corrected chi connectivity index (χ2v) is 9.70. The summed E-state index contributed by atoms with van der Waals surface area (Å²) >= 11 is 0. The third kappa shape index (κ3) is 4.81. The largest absolute Gasteiger partial charge is 0.420 e. The average Bonchev–Trinajstić information content (AvgIpc) is 2.95. The van der Waals surface area contributed by atoms with Crippen molar-refractivity contribution < 1.29 is 22.6 Å². The minimum absolute atomic E-state index is 0.0267. The van der Waals surface area contributed by atoms with Gasteiger partial charge in [-0.2, -0.15) is 4.31 Å². The van der Waals surface area contributed by atoms with E-state index < -0.39 is 33.2 Å². The van der Waals surface area contributed by atoms with E-state index in [0.717, 1.165) is 30.3 Å². The van der Waals surface area contributed by atoms with Crippen LogP contribution in [0.1, 0.15) is 25.7 Å². The Balaban J connectivity index is 1.56. The van der Waals surface area contributed by atoms with Crippen molar-refractivity contribution in [2.45, 2.75) is 37.1 Å². The summed E-state index contributed by atoms with van der Waals surface area (Å²) < 4.78 is 33.8. The maximum Gasteiger partial charge on any atom is 0.420 e. The normalized spacial score (nSPS) is 15.3. The molecule has 0 spiro atoms. The maximum absolute atomic E-state index is 13.0. The summed E-state index contributed by atoms with van der Waals surface area (Å²) in [6.07, 6.45) is 3.57. The number of oxazole rings is 1. The number of sulfonamides is 1. The quantitative estimate of drug-likeness (QED) is 0.427. The fourth-order valence-electron chi connectivity index (χ4n) is 3.83. The van der Waals surface area contributed by atoms with Crippen molar-refractivity contribution in [3.8, 4) is 0 Å². The predicted molar refractivity (Wildman–Crippen MR) is 119 cm³/mol. The number of carbonyl (C=O) groups excluding carboxylic acids is 1. The average molecular weight is 474 g/mol. The number of nitro groups is 1. The summed E-state index contributed by atoms with van der Waals surface area (Å²) in [5.41, 5.74) is 0.348. The van der Waals surface area contributed by atoms with Gasteiger partial charge in [0, 0.05) is 37.0 Å². The molecule has 0 unspecified atom stereocenters. The van der Waals surface area contributed by atoms with E-state index in [1.807, 2.05) is 0 Å². The van der Waals surface area contributed by atoms with Crippen molar-refractivity contribution in [1.29, 1.82) is 0 Å². The van der Waals surface area contributed by atoms with Gasteiger partial charge in [-0.1, -0.05) is 18.9 Å². The Morgan fingerprint density at radius 3 is 2.52 bits per heavy atom. The van der Waals surface area contributed by atoms with E-state index in [9.17, 15) is 28.1 Å². The van der Waals surface area contributed by atoms with Gasteiger partial charge in [-0.3, -0.25) is 19.5 Å². The number of carbonyl (C=O) groups is 1. The van der Waals surface area contributed by atoms with Gasteiger partial charge in [0.1, 0.15) is 6.54 Å². The molecule has 2 heterocycles. The summed E-state index contributed by atoms with van der Waals surface area (Å²) in [5.74, 6) is -1.41. The molecule has 4 rings (SSSR count). The van der Waals surface area contributed by atoms with Gasteiger partial charge in [0.15, 0.2) is 5.58 Å². The number of rotatable bonds is 6. The van der Waals surface area contributed by atoms with Gasteiger partial charge in [0.2, 0.25) is 15.9 Å². The Morgan fingerprint density at radius 1 is 1.09 bits per heavy atom. The van der Waals surface area contributed by atoms with Gasteiger partial charge in [-0.25, -0.2) is 13.2 Å². The van der Waals surface area contributed by atoms with Gasteiger partial charge in [0.05, 0.1) is 15.3 Å². The highest BCUT2D eigenvalue weighted by molar-refractivity contribution is 7.89. The molecule has 11 nitrogen and oxygen atoms in total. The van der Waals surface area contributed by atoms with Gasteiger partial charge in [-0.15, -0.1) is 0 Å². The Hall–Kier alpha value is -3.51. The van der Waals surface area contributed by atoms with Crippen molar-refractivity contribution in [1.82, 2.24) is 8.87 Å². The molecule has 0 atom stereocenters. The number of nitrogens with one attached hydrogen (secondary N) is 1. The van der Waals surface area contributed by atoms with Crippen molar-refractivity contribution in [2.75, 3.05) is 18.4 Å². The molecule has 3 aromatic rings. The van der Waals surface area contributed by atoms with Gasteiger partial charge < -0.3 is 9.73 Å². The monoisotopic (exact) mass is 474 g/mol. The molecule has 1 saturated heterocycles. The van der Waals surface area contributed by atoms with Crippen LogP contribution in [0.4, 0.5) is 11.4 Å². The zero-order chi connectivity index (χ0) is 23.6. The van der Waals surface area contributed by atoms with Crippen molar-refractivity contribution in [2.24, 2.45) is 0 Å². The lowest BCUT2D eigenvalue weighted by atomic mass is 10.2. The first-order valence-electron chi connectivity index (χ1n) is 10.4. The molecule has 12 heteroatoms. The van der Waals surface area contributed by atoms with Crippen LogP contribution < -0.4 is 11.1 Å². The number of benzene rings is 2. The van der Waals surface area contributed by atoms with Crippen molar-refractivity contribution in [3.05, 3.63) is 63.1 Å². The molecular formula is C21H22N4O7S. The molecule has 0 aliphatic carbocycles. The fourth-order valence-corrected chi connectivity index (χ4v) is 5.36. The zero-order valence-corrected chi connectivity index (χ0v) is 18.4. The lowest BCUT2D eigenvalue weighted by Crippen LogP contribution is -2.31. The number of hydrogen-bond acceptors (Lipinski definition) is 7. The zero-order valence-electron chi connectivity index (χ0n) is 17.6. The molecule has 0 radical (unpaired) electrons. The number of hydrogen-bond donors (Lipinski definition) is 1. The van der Waals surface area contributed by atoms with Gasteiger partial charge in [-0.05, 0) is 31.0 Å². The lowest BCUT2D eigenvalue weighted by Gasteiger charge is -2.19. The standard InChI is InChI=1S/C21H22N4O7S/c26-20(22-15-6-5-7-16(12-15)25(28)29)14-24-18-9-8-17(13-19(18)32-21(24)27)33(30,31)23-10-3-1-2-4-11-23/h5-9,12-13H,1-4,10-11,14H2,(H,22,26). The third-order valence-corrected chi connectivity index (χ3v) is 7.38.